The van der Waals surface area contributed by atoms with Gasteiger partial charge in [-0.2, -0.15) is 4.31 Å². The summed E-state index contributed by atoms with van der Waals surface area (Å²) in [5.41, 5.74) is 0. The largest absolute Gasteiger partial charge is 0.300 e. The number of Topliss-reactive ketones (excluding diaryl/α,β-unsaturated/α-hetero) is 1. The van der Waals surface area contributed by atoms with Crippen LogP contribution in [0, 0.1) is 0 Å². The van der Waals surface area contributed by atoms with E-state index in [9.17, 15) is 13.2 Å². The number of sulfonamides is 1. The normalized spacial score (nSPS) is 18.0. The molecule has 0 aromatic heterocycles. The molecule has 2 rings (SSSR count). The highest BCUT2D eigenvalue weighted by atomic mass is 35.5. The van der Waals surface area contributed by atoms with Gasteiger partial charge in [0, 0.05) is 25.9 Å². The van der Waals surface area contributed by atoms with Crippen LogP contribution >= 0.6 is 23.2 Å². The average molecular weight is 308 g/mol. The van der Waals surface area contributed by atoms with Gasteiger partial charge in [-0.1, -0.05) is 29.3 Å². The molecule has 98 valence electrons. The van der Waals surface area contributed by atoms with Crippen molar-refractivity contribution in [2.45, 2.75) is 17.7 Å². The van der Waals surface area contributed by atoms with Crippen LogP contribution in [0.25, 0.3) is 0 Å². The molecule has 0 unspecified atom stereocenters. The molecule has 0 radical (unpaired) electrons. The lowest BCUT2D eigenvalue weighted by atomic mass is 10.1. The highest BCUT2D eigenvalue weighted by Crippen LogP contribution is 2.32. The number of carbonyl (C=O) groups is 1. The summed E-state index contributed by atoms with van der Waals surface area (Å²) in [6, 6.07) is 4.55. The third-order valence-electron chi connectivity index (χ3n) is 2.80. The lowest BCUT2D eigenvalue weighted by Crippen LogP contribution is -2.38. The van der Waals surface area contributed by atoms with Crippen molar-refractivity contribution in [3.05, 3.63) is 28.2 Å². The standard InChI is InChI=1S/C11H11Cl2NO3S/c12-9-2-1-3-10(13)11(9)18(16,17)14-6-4-8(15)5-7-14/h1-3H,4-7H2. The highest BCUT2D eigenvalue weighted by Gasteiger charge is 2.31. The van der Waals surface area contributed by atoms with E-state index in [0.29, 0.717) is 0 Å². The Morgan fingerprint density at radius 3 is 2.06 bits per heavy atom. The Bertz CT molecular complexity index is 556. The third-order valence-corrected chi connectivity index (χ3v) is 5.65. The van der Waals surface area contributed by atoms with E-state index in [2.05, 4.69) is 0 Å². The Hall–Kier alpha value is -0.620. The van der Waals surface area contributed by atoms with E-state index >= 15 is 0 Å². The maximum atomic E-state index is 12.4. The summed E-state index contributed by atoms with van der Waals surface area (Å²) in [5, 5.41) is 0.193. The molecule has 4 nitrogen and oxygen atoms in total. The van der Waals surface area contributed by atoms with Gasteiger partial charge in [0.1, 0.15) is 10.7 Å². The number of halogens is 2. The number of nitrogens with zero attached hydrogens (tertiary/aromatic N) is 1. The second kappa shape index (κ2) is 5.17. The summed E-state index contributed by atoms with van der Waals surface area (Å²) in [6.45, 7) is 0.367. The summed E-state index contributed by atoms with van der Waals surface area (Å²) in [7, 11) is -3.73. The van der Waals surface area contributed by atoms with Gasteiger partial charge >= 0.3 is 0 Å². The Kier molecular flexibility index (Phi) is 3.96. The molecule has 0 saturated carbocycles. The Balaban J connectivity index is 2.40. The van der Waals surface area contributed by atoms with E-state index in [1.165, 1.54) is 16.4 Å². The zero-order chi connectivity index (χ0) is 13.3. The van der Waals surface area contributed by atoms with Crippen molar-refractivity contribution in [3.63, 3.8) is 0 Å². The third kappa shape index (κ3) is 2.54. The molecule has 1 aromatic carbocycles. The van der Waals surface area contributed by atoms with Crippen molar-refractivity contribution in [1.82, 2.24) is 4.31 Å². The zero-order valence-electron chi connectivity index (χ0n) is 9.40. The van der Waals surface area contributed by atoms with Crippen LogP contribution in [0.2, 0.25) is 10.0 Å². The van der Waals surface area contributed by atoms with Crippen LogP contribution in [0.15, 0.2) is 23.1 Å². The lowest BCUT2D eigenvalue weighted by molar-refractivity contribution is -0.120. The highest BCUT2D eigenvalue weighted by molar-refractivity contribution is 7.89. The maximum Gasteiger partial charge on any atom is 0.246 e. The number of rotatable bonds is 2. The molecule has 0 atom stereocenters. The fraction of sp³-hybridized carbons (Fsp3) is 0.364. The summed E-state index contributed by atoms with van der Waals surface area (Å²) >= 11 is 11.8. The minimum atomic E-state index is -3.73. The van der Waals surface area contributed by atoms with Crippen LogP contribution in [0.5, 0.6) is 0 Å². The van der Waals surface area contributed by atoms with Crippen molar-refractivity contribution in [1.29, 1.82) is 0 Å². The van der Waals surface area contributed by atoms with Gasteiger partial charge in [-0.05, 0) is 12.1 Å². The van der Waals surface area contributed by atoms with E-state index in [1.54, 1.807) is 6.07 Å². The number of hydrogen-bond acceptors (Lipinski definition) is 3. The minimum absolute atomic E-state index is 0.0757. The first-order valence-corrected chi connectivity index (χ1v) is 7.58. The SMILES string of the molecule is O=C1CCN(S(=O)(=O)c2c(Cl)cccc2Cl)CC1. The van der Waals surface area contributed by atoms with Crippen LogP contribution in [0.3, 0.4) is 0 Å². The summed E-state index contributed by atoms with van der Waals surface area (Å²) in [4.78, 5) is 11.1. The van der Waals surface area contributed by atoms with E-state index in [0.717, 1.165) is 0 Å². The summed E-state index contributed by atoms with van der Waals surface area (Å²) in [5.74, 6) is 0.0757. The fourth-order valence-corrected chi connectivity index (χ4v) is 4.37. The van der Waals surface area contributed by atoms with E-state index < -0.39 is 10.0 Å². The lowest BCUT2D eigenvalue weighted by Gasteiger charge is -2.26. The summed E-state index contributed by atoms with van der Waals surface area (Å²) in [6.07, 6.45) is 0.475. The molecular formula is C11H11Cl2NO3S. The zero-order valence-corrected chi connectivity index (χ0v) is 11.7. The van der Waals surface area contributed by atoms with E-state index in [1.807, 2.05) is 0 Å². The first-order chi connectivity index (χ1) is 8.43. The molecule has 0 bridgehead atoms. The molecule has 7 heteroatoms. The fourth-order valence-electron chi connectivity index (χ4n) is 1.83. The Morgan fingerprint density at radius 2 is 1.56 bits per heavy atom. The van der Waals surface area contributed by atoms with E-state index in [-0.39, 0.29) is 46.7 Å². The van der Waals surface area contributed by atoms with E-state index in [4.69, 9.17) is 23.2 Å². The first kappa shape index (κ1) is 13.8. The molecule has 0 spiro atoms. The van der Waals surface area contributed by atoms with Gasteiger partial charge in [-0.25, -0.2) is 8.42 Å². The molecule has 0 N–H and O–H groups in total. The van der Waals surface area contributed by atoms with Crippen LogP contribution in [0.1, 0.15) is 12.8 Å². The monoisotopic (exact) mass is 307 g/mol. The molecule has 1 aromatic rings. The number of hydrogen-bond donors (Lipinski definition) is 0. The van der Waals surface area contributed by atoms with Gasteiger partial charge in [-0.3, -0.25) is 4.79 Å². The van der Waals surface area contributed by atoms with Crippen LogP contribution in [-0.2, 0) is 14.8 Å². The Labute approximate surface area is 116 Å². The van der Waals surface area contributed by atoms with Crippen molar-refractivity contribution in [3.8, 4) is 0 Å². The number of ketones is 1. The Morgan fingerprint density at radius 1 is 1.06 bits per heavy atom. The van der Waals surface area contributed by atoms with Crippen molar-refractivity contribution >= 4 is 39.0 Å². The minimum Gasteiger partial charge on any atom is -0.300 e. The van der Waals surface area contributed by atoms with Crippen molar-refractivity contribution in [2.24, 2.45) is 0 Å². The van der Waals surface area contributed by atoms with Crippen LogP contribution < -0.4 is 0 Å². The van der Waals surface area contributed by atoms with Crippen LogP contribution in [-0.4, -0.2) is 31.6 Å². The van der Waals surface area contributed by atoms with Crippen molar-refractivity contribution in [2.75, 3.05) is 13.1 Å². The van der Waals surface area contributed by atoms with Gasteiger partial charge in [0.05, 0.1) is 10.0 Å². The molecule has 1 saturated heterocycles. The van der Waals surface area contributed by atoms with Crippen molar-refractivity contribution < 1.29 is 13.2 Å². The molecule has 1 fully saturated rings. The molecule has 1 heterocycles. The molecule has 18 heavy (non-hydrogen) atoms. The van der Waals surface area contributed by atoms with Gasteiger partial charge < -0.3 is 0 Å². The number of piperidine rings is 1. The van der Waals surface area contributed by atoms with Gasteiger partial charge in [-0.15, -0.1) is 0 Å². The maximum absolute atomic E-state index is 12.4. The van der Waals surface area contributed by atoms with Gasteiger partial charge in [0.2, 0.25) is 10.0 Å². The second-order valence-electron chi connectivity index (χ2n) is 3.99. The number of carbonyl (C=O) groups excluding carboxylic acids is 1. The topological polar surface area (TPSA) is 54.5 Å². The average Bonchev–Trinajstić information content (AvgIpc) is 2.29. The second-order valence-corrected chi connectivity index (χ2v) is 6.68. The predicted octanol–water partition coefficient (Wildman–Crippen LogP) is 2.35. The smallest absolute Gasteiger partial charge is 0.246 e. The molecule has 0 amide bonds. The molecule has 1 aliphatic rings. The van der Waals surface area contributed by atoms with Gasteiger partial charge in [0.15, 0.2) is 0 Å². The molecule has 1 aliphatic heterocycles. The molecule has 0 aliphatic carbocycles. The molecular weight excluding hydrogens is 297 g/mol. The number of benzene rings is 1. The quantitative estimate of drug-likeness (QED) is 0.842. The van der Waals surface area contributed by atoms with Gasteiger partial charge in [0.25, 0.3) is 0 Å². The first-order valence-electron chi connectivity index (χ1n) is 5.39. The van der Waals surface area contributed by atoms with Crippen LogP contribution in [0.4, 0.5) is 0 Å². The summed E-state index contributed by atoms with van der Waals surface area (Å²) < 4.78 is 26.0. The predicted molar refractivity (Wildman–Crippen MR) is 69.5 cm³/mol.